The Morgan fingerprint density at radius 2 is 0.489 bits per heavy atom. The van der Waals surface area contributed by atoms with Gasteiger partial charge in [0.25, 0.3) is 0 Å². The molecule has 0 aliphatic heterocycles. The molecule has 8 heteroatoms. The van der Waals surface area contributed by atoms with Gasteiger partial charge in [-0.25, -0.2) is 9.97 Å². The van der Waals surface area contributed by atoms with Gasteiger partial charge in [0.15, 0.2) is 0 Å². The van der Waals surface area contributed by atoms with Gasteiger partial charge in [-0.1, -0.05) is 188 Å². The van der Waals surface area contributed by atoms with Crippen molar-refractivity contribution >= 4 is 109 Å². The summed E-state index contributed by atoms with van der Waals surface area (Å²) in [6, 6.07) is 119. The highest BCUT2D eigenvalue weighted by Crippen LogP contribution is 2.44. The van der Waals surface area contributed by atoms with Crippen molar-refractivity contribution < 1.29 is 0 Å². The lowest BCUT2D eigenvalue weighted by molar-refractivity contribution is 1.09. The van der Waals surface area contributed by atoms with Crippen LogP contribution in [0, 0.1) is 0 Å². The molecule has 0 saturated heterocycles. The molecule has 0 atom stereocenters. The number of fused-ring (bicyclic) bond motifs is 14. The summed E-state index contributed by atoms with van der Waals surface area (Å²) in [5.74, 6) is 1.78. The Labute approximate surface area is 539 Å². The third-order valence-corrected chi connectivity index (χ3v) is 19.4. The number of hydrogen-bond acceptors (Lipinski definition) is 2. The third-order valence-electron chi connectivity index (χ3n) is 19.4. The maximum absolute atomic E-state index is 5.63. The van der Waals surface area contributed by atoms with Crippen LogP contribution < -0.4 is 0 Å². The minimum Gasteiger partial charge on any atom is -0.309 e. The van der Waals surface area contributed by atoms with E-state index in [0.29, 0.717) is 0 Å². The van der Waals surface area contributed by atoms with Crippen LogP contribution in [-0.4, -0.2) is 37.4 Å². The number of nitrogens with zero attached hydrogens (tertiary/aromatic N) is 8. The highest BCUT2D eigenvalue weighted by molar-refractivity contribution is 6.21. The molecule has 0 N–H and O–H groups in total. The molecule has 94 heavy (non-hydrogen) atoms. The molecule has 0 spiro atoms. The van der Waals surface area contributed by atoms with Gasteiger partial charge in [-0.3, -0.25) is 9.13 Å². The molecule has 0 radical (unpaired) electrons. The second-order valence-corrected chi connectivity index (χ2v) is 24.6. The lowest BCUT2D eigenvalue weighted by Gasteiger charge is -2.14. The molecular weight excluding hydrogens is 1150 g/mol. The SMILES string of the molecule is c1ccc(-c2nc3ccccc3n2-c2cccc(-n3c4ccccc4c4cc5c6ccccc6n(-c6cccc(-c7ccc8c(c7)nc(-c7cccc(-n9c%10ccccc%10c%10cc%11c%12ccccc%12n(-c%12ccccc%12)c%11cc%109)c7)n8-c7ccccc7)c6)c5cc43)c2)cc1. The number of imidazole rings is 2. The van der Waals surface area contributed by atoms with E-state index in [0.717, 1.165) is 123 Å². The first-order chi connectivity index (χ1) is 46.6. The lowest BCUT2D eigenvalue weighted by atomic mass is 10.0. The van der Waals surface area contributed by atoms with Gasteiger partial charge < -0.3 is 18.3 Å². The molecule has 0 aliphatic rings. The largest absolute Gasteiger partial charge is 0.309 e. The molecule has 0 saturated carbocycles. The van der Waals surface area contributed by atoms with Crippen molar-refractivity contribution in [2.75, 3.05) is 0 Å². The van der Waals surface area contributed by atoms with Crippen LogP contribution in [0.3, 0.4) is 0 Å². The summed E-state index contributed by atoms with van der Waals surface area (Å²) in [6.07, 6.45) is 0. The van der Waals surface area contributed by atoms with E-state index in [9.17, 15) is 0 Å². The van der Waals surface area contributed by atoms with Crippen molar-refractivity contribution in [1.29, 1.82) is 0 Å². The Bertz CT molecular complexity index is 6470. The van der Waals surface area contributed by atoms with E-state index in [-0.39, 0.29) is 0 Å². The average molecular weight is 1200 g/mol. The summed E-state index contributed by atoms with van der Waals surface area (Å²) >= 11 is 0. The van der Waals surface area contributed by atoms with Crippen LogP contribution in [-0.2, 0) is 0 Å². The van der Waals surface area contributed by atoms with Gasteiger partial charge in [-0.15, -0.1) is 0 Å². The highest BCUT2D eigenvalue weighted by atomic mass is 15.1. The first-order valence-electron chi connectivity index (χ1n) is 32.0. The highest BCUT2D eigenvalue weighted by Gasteiger charge is 2.24. The monoisotopic (exact) mass is 1200 g/mol. The molecule has 14 aromatic carbocycles. The molecule has 0 aliphatic carbocycles. The first-order valence-corrected chi connectivity index (χ1v) is 32.0. The van der Waals surface area contributed by atoms with Crippen LogP contribution in [0.1, 0.15) is 0 Å². The number of benzene rings is 14. The van der Waals surface area contributed by atoms with Crippen molar-refractivity contribution in [3.63, 3.8) is 0 Å². The molecule has 0 fully saturated rings. The first kappa shape index (κ1) is 52.0. The average Bonchev–Trinajstić information content (AvgIpc) is 1.57. The van der Waals surface area contributed by atoms with E-state index in [1.54, 1.807) is 0 Å². The van der Waals surface area contributed by atoms with Crippen LogP contribution in [0.15, 0.2) is 328 Å². The fourth-order valence-corrected chi connectivity index (χ4v) is 15.3. The number of rotatable bonds is 9. The van der Waals surface area contributed by atoms with E-state index >= 15 is 0 Å². The summed E-state index contributed by atoms with van der Waals surface area (Å²) in [5, 5.41) is 9.71. The number of aromatic nitrogens is 8. The van der Waals surface area contributed by atoms with E-state index in [1.165, 1.54) is 54.1 Å². The van der Waals surface area contributed by atoms with E-state index in [2.05, 4.69) is 355 Å². The fourth-order valence-electron chi connectivity index (χ4n) is 15.3. The Morgan fingerprint density at radius 3 is 1.02 bits per heavy atom. The molecule has 20 aromatic rings. The predicted molar refractivity (Wildman–Crippen MR) is 389 cm³/mol. The molecule has 438 valence electrons. The Morgan fingerprint density at radius 1 is 0.160 bits per heavy atom. The maximum atomic E-state index is 5.63. The standard InChI is InChI=1S/C86H54N8/c1-4-23-55(24-5-1)85-87-73-39-14-19-44-79(73)94(85)64-34-22-33-63(50-64)92-78-43-18-13-38-68(78)72-52-71-66-36-11-16-41-76(66)90(83(71)54-84(72)92)61-31-20-25-56(47-61)57-45-46-80-74(49-57)88-86(93(80)60-29-8-3-9-30-60)58-26-21-32-62(48-58)91-77-42-17-12-37-67(77)70-51-69-65-35-10-15-40-75(65)89(81(69)53-82(70)91)59-27-6-2-7-28-59/h1-54H. The molecule has 0 bridgehead atoms. The van der Waals surface area contributed by atoms with Crippen LogP contribution in [0.5, 0.6) is 0 Å². The zero-order chi connectivity index (χ0) is 61.5. The van der Waals surface area contributed by atoms with Gasteiger partial charge in [0, 0.05) is 88.3 Å². The molecule has 0 unspecified atom stereocenters. The van der Waals surface area contributed by atoms with Gasteiger partial charge in [-0.2, -0.15) is 0 Å². The summed E-state index contributed by atoms with van der Waals surface area (Å²) in [7, 11) is 0. The number of para-hydroxylation sites is 8. The smallest absolute Gasteiger partial charge is 0.145 e. The molecular formula is C86H54N8. The van der Waals surface area contributed by atoms with Crippen LogP contribution in [0.4, 0.5) is 0 Å². The minimum atomic E-state index is 0.870. The second-order valence-electron chi connectivity index (χ2n) is 24.6. The summed E-state index contributed by atoms with van der Waals surface area (Å²) in [6.45, 7) is 0. The van der Waals surface area contributed by atoms with Crippen LogP contribution in [0.25, 0.3) is 177 Å². The van der Waals surface area contributed by atoms with Gasteiger partial charge >= 0.3 is 0 Å². The summed E-state index contributed by atoms with van der Waals surface area (Å²) in [5.41, 5.74) is 23.9. The quantitative estimate of drug-likeness (QED) is 0.145. The lowest BCUT2D eigenvalue weighted by Crippen LogP contribution is -2.00. The van der Waals surface area contributed by atoms with Gasteiger partial charge in [0.1, 0.15) is 11.6 Å². The van der Waals surface area contributed by atoms with E-state index in [4.69, 9.17) is 9.97 Å². The van der Waals surface area contributed by atoms with Crippen molar-refractivity contribution in [2.45, 2.75) is 0 Å². The zero-order valence-corrected chi connectivity index (χ0v) is 50.8. The van der Waals surface area contributed by atoms with E-state index in [1.807, 2.05) is 0 Å². The fraction of sp³-hybridized carbons (Fsp3) is 0. The summed E-state index contributed by atoms with van der Waals surface area (Å²) in [4.78, 5) is 10.8. The van der Waals surface area contributed by atoms with E-state index < -0.39 is 0 Å². The van der Waals surface area contributed by atoms with Crippen LogP contribution >= 0.6 is 0 Å². The predicted octanol–water partition coefficient (Wildman–Crippen LogP) is 21.8. The second kappa shape index (κ2) is 20.4. The van der Waals surface area contributed by atoms with Crippen LogP contribution in [0.2, 0.25) is 0 Å². The molecule has 6 aromatic heterocycles. The molecule has 6 heterocycles. The molecule has 0 amide bonds. The zero-order valence-electron chi connectivity index (χ0n) is 50.8. The van der Waals surface area contributed by atoms with Crippen molar-refractivity contribution in [2.24, 2.45) is 0 Å². The van der Waals surface area contributed by atoms with Gasteiger partial charge in [0.05, 0.1) is 66.2 Å². The summed E-state index contributed by atoms with van der Waals surface area (Å²) < 4.78 is 14.3. The molecule has 8 nitrogen and oxygen atoms in total. The molecule has 20 rings (SSSR count). The topological polar surface area (TPSA) is 55.4 Å². The Hall–Kier alpha value is -12.8. The van der Waals surface area contributed by atoms with Crippen molar-refractivity contribution in [3.8, 4) is 68.0 Å². The van der Waals surface area contributed by atoms with Crippen molar-refractivity contribution in [1.82, 2.24) is 37.4 Å². The number of hydrogen-bond donors (Lipinski definition) is 0. The Balaban J connectivity index is 0.724. The van der Waals surface area contributed by atoms with Gasteiger partial charge in [-0.05, 0) is 151 Å². The minimum absolute atomic E-state index is 0.870. The van der Waals surface area contributed by atoms with Crippen molar-refractivity contribution in [3.05, 3.63) is 328 Å². The Kier molecular flexibility index (Phi) is 11.3. The maximum Gasteiger partial charge on any atom is 0.145 e. The third kappa shape index (κ3) is 7.80. The van der Waals surface area contributed by atoms with Gasteiger partial charge in [0.2, 0.25) is 0 Å². The normalized spacial score (nSPS) is 12.0.